The quantitative estimate of drug-likeness (QED) is 0.174. The van der Waals surface area contributed by atoms with Crippen molar-refractivity contribution in [3.8, 4) is 0 Å². The summed E-state index contributed by atoms with van der Waals surface area (Å²) in [5.74, 6) is -0.508. The van der Waals surface area contributed by atoms with Gasteiger partial charge in [-0.1, -0.05) is 51.4 Å². The lowest BCUT2D eigenvalue weighted by atomic mass is 10.1. The maximum atomic E-state index is 14.2. The molecule has 1 aliphatic heterocycles. The predicted molar refractivity (Wildman–Crippen MR) is 146 cm³/mol. The van der Waals surface area contributed by atoms with Gasteiger partial charge in [-0.3, -0.25) is 18.8 Å². The summed E-state index contributed by atoms with van der Waals surface area (Å²) in [4.78, 5) is 29.7. The summed E-state index contributed by atoms with van der Waals surface area (Å²) < 4.78 is 52.7. The van der Waals surface area contributed by atoms with Crippen LogP contribution in [0.1, 0.15) is 117 Å². The molecule has 0 N–H and O–H groups in total. The monoisotopic (exact) mass is 588 g/mol. The van der Waals surface area contributed by atoms with Gasteiger partial charge in [-0.25, -0.2) is 9.69 Å². The van der Waals surface area contributed by atoms with E-state index in [0.29, 0.717) is 0 Å². The van der Waals surface area contributed by atoms with E-state index in [1.165, 1.54) is 4.90 Å². The Hall–Kier alpha value is -0.760. The zero-order chi connectivity index (χ0) is 27.7. The maximum Gasteiger partial charge on any atom is 0.351 e. The Kier molecular flexibility index (Phi) is 9.32. The van der Waals surface area contributed by atoms with E-state index < -0.39 is 39.0 Å². The molecule has 0 atom stereocenters. The molecular formula is C27H46N2O8P2. The first-order chi connectivity index (χ1) is 18.6. The topological polar surface area (TPSA) is 112 Å². The van der Waals surface area contributed by atoms with Gasteiger partial charge in [-0.05, 0) is 65.2 Å². The second-order valence-electron chi connectivity index (χ2n) is 12.6. The van der Waals surface area contributed by atoms with Crippen LogP contribution >= 0.6 is 15.2 Å². The first-order valence-corrected chi connectivity index (χ1v) is 18.6. The van der Waals surface area contributed by atoms with E-state index in [-0.39, 0.29) is 30.7 Å². The number of urea groups is 1. The molecule has 0 aromatic heterocycles. The second kappa shape index (κ2) is 12.2. The molecular weight excluding hydrogens is 542 g/mol. The molecule has 10 nitrogen and oxygen atoms in total. The molecule has 0 bridgehead atoms. The smallest absolute Gasteiger partial charge is 0.304 e. The summed E-state index contributed by atoms with van der Waals surface area (Å²) in [6.45, 7) is 3.26. The van der Waals surface area contributed by atoms with Gasteiger partial charge in [0.05, 0.1) is 24.4 Å². The third kappa shape index (κ3) is 7.01. The number of amides is 3. The SMILES string of the molecule is CC1(C)C(=O)N(CP(=O)(OC2CCCC2)OC2CCCC2)C(=O)N1CP(=O)(OC1CCCC1)OC1CCCC1. The van der Waals surface area contributed by atoms with Crippen LogP contribution in [0.2, 0.25) is 0 Å². The van der Waals surface area contributed by atoms with Gasteiger partial charge in [0, 0.05) is 0 Å². The lowest BCUT2D eigenvalue weighted by Crippen LogP contribution is -2.45. The zero-order valence-corrected chi connectivity index (χ0v) is 25.4. The Morgan fingerprint density at radius 2 is 0.923 bits per heavy atom. The van der Waals surface area contributed by atoms with E-state index >= 15 is 0 Å². The highest BCUT2D eigenvalue weighted by Gasteiger charge is 2.56. The summed E-state index contributed by atoms with van der Waals surface area (Å²) in [6.07, 6.45) is 12.9. The van der Waals surface area contributed by atoms with Crippen molar-refractivity contribution < 1.29 is 36.8 Å². The fraction of sp³-hybridized carbons (Fsp3) is 0.926. The summed E-state index contributed by atoms with van der Waals surface area (Å²) in [5.41, 5.74) is -1.31. The van der Waals surface area contributed by atoms with Crippen molar-refractivity contribution in [3.05, 3.63) is 0 Å². The Morgan fingerprint density at radius 3 is 1.26 bits per heavy atom. The molecule has 1 heterocycles. The average Bonchev–Trinajstić information content (AvgIpc) is 3.70. The molecule has 0 aromatic carbocycles. The fourth-order valence-corrected chi connectivity index (χ4v) is 11.1. The maximum absolute atomic E-state index is 14.2. The molecule has 3 amide bonds. The number of carbonyl (C=O) groups is 2. The summed E-state index contributed by atoms with van der Waals surface area (Å²) in [6, 6.07) is -0.652. The summed E-state index contributed by atoms with van der Waals surface area (Å²) >= 11 is 0. The van der Waals surface area contributed by atoms with Gasteiger partial charge in [0.1, 0.15) is 18.1 Å². The standard InChI is InChI=1S/C27H46N2O8P2/c1-27(2)25(30)28(19-38(32,34-21-11-3-4-12-21)35-22-13-5-6-14-22)26(31)29(27)20-39(33,36-23-15-7-8-16-23)37-24-17-9-10-18-24/h21-24H,3-20H2,1-2H3. The van der Waals surface area contributed by atoms with Crippen LogP contribution < -0.4 is 0 Å². The second-order valence-corrected chi connectivity index (χ2v) is 16.4. The normalized spacial score (nSPS) is 26.2. The van der Waals surface area contributed by atoms with Gasteiger partial charge in [0.15, 0.2) is 0 Å². The minimum Gasteiger partial charge on any atom is -0.304 e. The van der Waals surface area contributed by atoms with Crippen molar-refractivity contribution in [2.45, 2.75) is 147 Å². The van der Waals surface area contributed by atoms with E-state index in [2.05, 4.69) is 0 Å². The fourth-order valence-electron chi connectivity index (χ4n) is 6.69. The highest BCUT2D eigenvalue weighted by molar-refractivity contribution is 7.54. The van der Waals surface area contributed by atoms with Crippen LogP contribution in [0.25, 0.3) is 0 Å². The molecule has 5 aliphatic rings. The number of rotatable bonds is 12. The number of hydrogen-bond donors (Lipinski definition) is 0. The first kappa shape index (κ1) is 29.7. The van der Waals surface area contributed by atoms with Gasteiger partial charge in [0.2, 0.25) is 0 Å². The summed E-state index contributed by atoms with van der Waals surface area (Å²) in [5, 5.41) is 0. The van der Waals surface area contributed by atoms with E-state index in [9.17, 15) is 18.7 Å². The van der Waals surface area contributed by atoms with E-state index in [0.717, 1.165) is 108 Å². The molecule has 4 aliphatic carbocycles. The molecule has 39 heavy (non-hydrogen) atoms. The average molecular weight is 589 g/mol. The largest absolute Gasteiger partial charge is 0.351 e. The third-order valence-corrected chi connectivity index (χ3v) is 12.7. The van der Waals surface area contributed by atoms with E-state index in [4.69, 9.17) is 18.1 Å². The van der Waals surface area contributed by atoms with Crippen molar-refractivity contribution in [3.63, 3.8) is 0 Å². The molecule has 12 heteroatoms. The predicted octanol–water partition coefficient (Wildman–Crippen LogP) is 7.17. The summed E-state index contributed by atoms with van der Waals surface area (Å²) in [7, 11) is -7.54. The van der Waals surface area contributed by atoms with Crippen molar-refractivity contribution in [2.75, 3.05) is 12.6 Å². The van der Waals surface area contributed by atoms with Crippen LogP contribution in [0.15, 0.2) is 0 Å². The third-order valence-electron chi connectivity index (χ3n) is 8.98. The Bertz CT molecular complexity index is 938. The molecule has 0 aromatic rings. The molecule has 1 saturated heterocycles. The lowest BCUT2D eigenvalue weighted by molar-refractivity contribution is -0.131. The highest BCUT2D eigenvalue weighted by atomic mass is 31.2. The van der Waals surface area contributed by atoms with Crippen molar-refractivity contribution in [1.29, 1.82) is 0 Å². The zero-order valence-electron chi connectivity index (χ0n) is 23.6. The molecule has 222 valence electrons. The van der Waals surface area contributed by atoms with Crippen molar-refractivity contribution >= 4 is 27.1 Å². The molecule has 0 radical (unpaired) electrons. The molecule has 0 spiro atoms. The van der Waals surface area contributed by atoms with Gasteiger partial charge in [-0.2, -0.15) is 0 Å². The minimum atomic E-state index is -3.80. The number of imide groups is 1. The van der Waals surface area contributed by atoms with Gasteiger partial charge < -0.3 is 18.1 Å². The number of hydrogen-bond acceptors (Lipinski definition) is 8. The molecule has 5 rings (SSSR count). The number of carbonyl (C=O) groups excluding carboxylic acids is 2. The van der Waals surface area contributed by atoms with Crippen LogP contribution in [0.4, 0.5) is 4.79 Å². The Morgan fingerprint density at radius 1 is 0.615 bits per heavy atom. The minimum absolute atomic E-state index is 0.176. The van der Waals surface area contributed by atoms with Crippen LogP contribution in [-0.2, 0) is 32.0 Å². The van der Waals surface area contributed by atoms with Gasteiger partial charge in [-0.15, -0.1) is 0 Å². The van der Waals surface area contributed by atoms with Crippen molar-refractivity contribution in [1.82, 2.24) is 9.80 Å². The van der Waals surface area contributed by atoms with Crippen molar-refractivity contribution in [2.24, 2.45) is 0 Å². The van der Waals surface area contributed by atoms with Crippen LogP contribution in [0.5, 0.6) is 0 Å². The van der Waals surface area contributed by atoms with E-state index in [1.807, 2.05) is 0 Å². The van der Waals surface area contributed by atoms with Crippen LogP contribution in [0.3, 0.4) is 0 Å². The van der Waals surface area contributed by atoms with Gasteiger partial charge >= 0.3 is 21.2 Å². The van der Waals surface area contributed by atoms with Gasteiger partial charge in [0.25, 0.3) is 5.91 Å². The van der Waals surface area contributed by atoms with Crippen LogP contribution in [-0.4, -0.2) is 64.3 Å². The Balaban J connectivity index is 1.34. The lowest BCUT2D eigenvalue weighted by Gasteiger charge is -2.33. The molecule has 4 saturated carbocycles. The molecule has 0 unspecified atom stereocenters. The molecule has 5 fully saturated rings. The Labute approximate surface area is 232 Å². The van der Waals surface area contributed by atoms with E-state index in [1.54, 1.807) is 13.8 Å². The number of nitrogens with zero attached hydrogens (tertiary/aromatic N) is 2. The highest BCUT2D eigenvalue weighted by Crippen LogP contribution is 2.58. The van der Waals surface area contributed by atoms with Crippen LogP contribution in [0, 0.1) is 0 Å². The first-order valence-electron chi connectivity index (χ1n) is 15.1.